The summed E-state index contributed by atoms with van der Waals surface area (Å²) < 4.78 is 0. The number of carbonyl (C=O) groups excluding carboxylic acids is 1. The van der Waals surface area contributed by atoms with Crippen molar-refractivity contribution in [2.45, 2.75) is 112 Å². The van der Waals surface area contributed by atoms with E-state index in [0.717, 1.165) is 54.3 Å². The molecular formula is C29H48O. The Morgan fingerprint density at radius 2 is 1.73 bits per heavy atom. The van der Waals surface area contributed by atoms with E-state index in [1.54, 1.807) is 0 Å². The Labute approximate surface area is 186 Å². The van der Waals surface area contributed by atoms with Crippen LogP contribution in [0.25, 0.3) is 0 Å². The molecule has 0 amide bonds. The second-order valence-electron chi connectivity index (χ2n) is 12.7. The van der Waals surface area contributed by atoms with E-state index in [9.17, 15) is 4.79 Å². The molecule has 0 aromatic rings. The predicted octanol–water partition coefficient (Wildman–Crippen LogP) is 8.23. The van der Waals surface area contributed by atoms with Crippen LogP contribution in [0.5, 0.6) is 0 Å². The van der Waals surface area contributed by atoms with Crippen molar-refractivity contribution in [2.75, 3.05) is 0 Å². The van der Waals surface area contributed by atoms with Gasteiger partial charge in [0.05, 0.1) is 0 Å². The van der Waals surface area contributed by atoms with Crippen LogP contribution in [0.1, 0.15) is 112 Å². The zero-order valence-corrected chi connectivity index (χ0v) is 20.8. The van der Waals surface area contributed by atoms with Crippen LogP contribution < -0.4 is 0 Å². The molecule has 0 aromatic carbocycles. The number of rotatable bonds is 6. The number of hydrogen-bond donors (Lipinski definition) is 0. The quantitative estimate of drug-likeness (QED) is 0.429. The Balaban J connectivity index is 1.48. The number of allylic oxidation sites excluding steroid dienone is 1. The summed E-state index contributed by atoms with van der Waals surface area (Å²) in [6.45, 7) is 15.0. The highest BCUT2D eigenvalue weighted by Crippen LogP contribution is 2.67. The molecular weight excluding hydrogens is 364 g/mol. The van der Waals surface area contributed by atoms with Gasteiger partial charge in [-0.25, -0.2) is 0 Å². The van der Waals surface area contributed by atoms with Gasteiger partial charge in [-0.2, -0.15) is 0 Å². The highest BCUT2D eigenvalue weighted by atomic mass is 16.1. The van der Waals surface area contributed by atoms with E-state index < -0.39 is 0 Å². The lowest BCUT2D eigenvalue weighted by molar-refractivity contribution is -0.117. The molecule has 0 N–H and O–H groups in total. The summed E-state index contributed by atoms with van der Waals surface area (Å²) >= 11 is 0. The van der Waals surface area contributed by atoms with Crippen molar-refractivity contribution in [1.29, 1.82) is 0 Å². The predicted molar refractivity (Wildman–Crippen MR) is 127 cm³/mol. The third-order valence-electron chi connectivity index (χ3n) is 11.2. The first kappa shape index (κ1) is 22.6. The van der Waals surface area contributed by atoms with Crippen LogP contribution in [0.2, 0.25) is 0 Å². The number of ketones is 1. The minimum absolute atomic E-state index is 0.327. The van der Waals surface area contributed by atoms with Gasteiger partial charge < -0.3 is 0 Å². The average Bonchev–Trinajstić information content (AvgIpc) is 3.06. The maximum absolute atomic E-state index is 12.1. The van der Waals surface area contributed by atoms with Crippen LogP contribution in [0.4, 0.5) is 0 Å². The van der Waals surface area contributed by atoms with Gasteiger partial charge in [0, 0.05) is 6.42 Å². The standard InChI is InChI=1S/C29H48O/c1-7-21(19(2)3)9-8-20(4)25-12-13-26-24-11-10-22-18-23(30)14-16-28(22,5)27(24)15-17-29(25,26)6/h18-21,24-27H,7-17H2,1-6H3/t20-,21+,24-,25+,26-,27-,28+,29-/m1/s1. The van der Waals surface area contributed by atoms with Crippen molar-refractivity contribution in [1.82, 2.24) is 0 Å². The third kappa shape index (κ3) is 3.65. The minimum Gasteiger partial charge on any atom is -0.295 e. The fourth-order valence-corrected chi connectivity index (χ4v) is 9.22. The fraction of sp³-hybridized carbons (Fsp3) is 0.897. The van der Waals surface area contributed by atoms with Gasteiger partial charge in [0.2, 0.25) is 0 Å². The van der Waals surface area contributed by atoms with Crippen molar-refractivity contribution in [3.63, 3.8) is 0 Å². The molecule has 0 radical (unpaired) electrons. The van der Waals surface area contributed by atoms with E-state index in [2.05, 4.69) is 47.6 Å². The summed E-state index contributed by atoms with van der Waals surface area (Å²) in [6.07, 6.45) is 16.5. The first-order valence-electron chi connectivity index (χ1n) is 13.4. The maximum Gasteiger partial charge on any atom is 0.155 e. The topological polar surface area (TPSA) is 17.1 Å². The van der Waals surface area contributed by atoms with Gasteiger partial charge in [-0.15, -0.1) is 0 Å². The largest absolute Gasteiger partial charge is 0.295 e. The molecule has 170 valence electrons. The van der Waals surface area contributed by atoms with Gasteiger partial charge in [0.1, 0.15) is 0 Å². The first-order valence-corrected chi connectivity index (χ1v) is 13.4. The van der Waals surface area contributed by atoms with Gasteiger partial charge in [-0.1, -0.05) is 60.0 Å². The summed E-state index contributed by atoms with van der Waals surface area (Å²) in [6, 6.07) is 0. The maximum atomic E-state index is 12.1. The summed E-state index contributed by atoms with van der Waals surface area (Å²) in [7, 11) is 0. The summed E-state index contributed by atoms with van der Waals surface area (Å²) in [5.74, 6) is 6.63. The molecule has 0 aliphatic heterocycles. The molecule has 0 heterocycles. The van der Waals surface area contributed by atoms with Crippen LogP contribution in [0.3, 0.4) is 0 Å². The number of carbonyl (C=O) groups is 1. The summed E-state index contributed by atoms with van der Waals surface area (Å²) in [4.78, 5) is 12.1. The van der Waals surface area contributed by atoms with Gasteiger partial charge in [0.15, 0.2) is 5.78 Å². The monoisotopic (exact) mass is 412 g/mol. The lowest BCUT2D eigenvalue weighted by Crippen LogP contribution is -2.51. The van der Waals surface area contributed by atoms with E-state index >= 15 is 0 Å². The Morgan fingerprint density at radius 3 is 2.43 bits per heavy atom. The molecule has 8 atom stereocenters. The molecule has 3 saturated carbocycles. The lowest BCUT2D eigenvalue weighted by Gasteiger charge is -2.58. The first-order chi connectivity index (χ1) is 14.2. The van der Waals surface area contributed by atoms with Crippen LogP contribution in [0.15, 0.2) is 11.6 Å². The van der Waals surface area contributed by atoms with Crippen molar-refractivity contribution < 1.29 is 4.79 Å². The minimum atomic E-state index is 0.327. The summed E-state index contributed by atoms with van der Waals surface area (Å²) in [5.41, 5.74) is 2.42. The van der Waals surface area contributed by atoms with Crippen molar-refractivity contribution in [2.24, 2.45) is 52.3 Å². The van der Waals surface area contributed by atoms with E-state index in [1.165, 1.54) is 63.4 Å². The molecule has 0 aromatic heterocycles. The van der Waals surface area contributed by atoms with E-state index in [4.69, 9.17) is 0 Å². The van der Waals surface area contributed by atoms with Crippen molar-refractivity contribution in [3.05, 3.63) is 11.6 Å². The Hall–Kier alpha value is -0.590. The molecule has 4 aliphatic rings. The second-order valence-corrected chi connectivity index (χ2v) is 12.7. The molecule has 0 saturated heterocycles. The van der Waals surface area contributed by atoms with Gasteiger partial charge in [0.25, 0.3) is 0 Å². The highest BCUT2D eigenvalue weighted by molar-refractivity contribution is 5.91. The molecule has 0 bridgehead atoms. The molecule has 1 nitrogen and oxygen atoms in total. The van der Waals surface area contributed by atoms with Crippen molar-refractivity contribution in [3.8, 4) is 0 Å². The highest BCUT2D eigenvalue weighted by Gasteiger charge is 2.59. The zero-order valence-electron chi connectivity index (χ0n) is 20.8. The van der Waals surface area contributed by atoms with E-state index in [1.807, 2.05) is 0 Å². The second kappa shape index (κ2) is 8.40. The Bertz CT molecular complexity index is 674. The van der Waals surface area contributed by atoms with Gasteiger partial charge >= 0.3 is 0 Å². The lowest BCUT2D eigenvalue weighted by atomic mass is 9.46. The van der Waals surface area contributed by atoms with Gasteiger partial charge in [-0.3, -0.25) is 4.79 Å². The number of fused-ring (bicyclic) bond motifs is 5. The molecule has 3 fully saturated rings. The smallest absolute Gasteiger partial charge is 0.155 e. The molecule has 30 heavy (non-hydrogen) atoms. The molecule has 4 aliphatic carbocycles. The van der Waals surface area contributed by atoms with Crippen LogP contribution in [0, 0.1) is 52.3 Å². The Morgan fingerprint density at radius 1 is 0.967 bits per heavy atom. The Kier molecular flexibility index (Phi) is 6.33. The van der Waals surface area contributed by atoms with Gasteiger partial charge in [-0.05, 0) is 110 Å². The SMILES string of the molecule is CC[C@@H](CC[C@@H](C)[C@@H]1CC[C@@H]2[C@H]3CCC4=CC(=O)CC[C@]4(C)[C@@H]3CC[C@@]21C)C(C)C. The average molecular weight is 413 g/mol. The number of hydrogen-bond acceptors (Lipinski definition) is 1. The van der Waals surface area contributed by atoms with Crippen LogP contribution in [-0.4, -0.2) is 5.78 Å². The summed E-state index contributed by atoms with van der Waals surface area (Å²) in [5, 5.41) is 0. The molecule has 4 rings (SSSR count). The third-order valence-corrected chi connectivity index (χ3v) is 11.2. The molecule has 0 spiro atoms. The van der Waals surface area contributed by atoms with E-state index in [0.29, 0.717) is 16.6 Å². The van der Waals surface area contributed by atoms with Crippen LogP contribution >= 0.6 is 0 Å². The molecule has 0 unspecified atom stereocenters. The molecule has 1 heteroatoms. The fourth-order valence-electron chi connectivity index (χ4n) is 9.22. The normalized spacial score (nSPS) is 42.9. The van der Waals surface area contributed by atoms with Crippen LogP contribution in [-0.2, 0) is 4.79 Å². The van der Waals surface area contributed by atoms with Crippen molar-refractivity contribution >= 4 is 5.78 Å². The van der Waals surface area contributed by atoms with E-state index in [-0.39, 0.29) is 0 Å². The zero-order chi connectivity index (χ0) is 21.7.